The lowest BCUT2D eigenvalue weighted by Gasteiger charge is -2.14. The highest BCUT2D eigenvalue weighted by atomic mass is 32.1. The second-order valence-electron chi connectivity index (χ2n) is 3.71. The molecule has 0 aliphatic carbocycles. The molecule has 2 aromatic rings. The summed E-state index contributed by atoms with van der Waals surface area (Å²) in [6.07, 6.45) is 2.75. The molecular weight excluding hydrogens is 232 g/mol. The first-order chi connectivity index (χ1) is 8.26. The van der Waals surface area contributed by atoms with E-state index < -0.39 is 0 Å². The van der Waals surface area contributed by atoms with Crippen LogP contribution in [-0.2, 0) is 4.79 Å². The molecule has 0 aliphatic rings. The third kappa shape index (κ3) is 2.31. The first-order valence-corrected chi connectivity index (χ1v) is 6.17. The van der Waals surface area contributed by atoms with Gasteiger partial charge in [0.15, 0.2) is 6.29 Å². The van der Waals surface area contributed by atoms with E-state index in [9.17, 15) is 4.79 Å². The van der Waals surface area contributed by atoms with Crippen LogP contribution in [0.5, 0.6) is 0 Å². The molecule has 1 heterocycles. The molecule has 0 spiro atoms. The number of rotatable bonds is 4. The largest absolute Gasteiger partial charge is 0.386 e. The Balaban J connectivity index is 2.49. The molecule has 88 valence electrons. The molecule has 0 saturated carbocycles. The van der Waals surface area contributed by atoms with Gasteiger partial charge in [-0.1, -0.05) is 41.4 Å². The third-order valence-electron chi connectivity index (χ3n) is 2.57. The zero-order valence-corrected chi connectivity index (χ0v) is 10.6. The molecule has 0 unspecified atom stereocenters. The van der Waals surface area contributed by atoms with Crippen LogP contribution in [-0.4, -0.2) is 17.3 Å². The first-order valence-electron chi connectivity index (χ1n) is 5.33. The summed E-state index contributed by atoms with van der Waals surface area (Å²) in [4.78, 5) is 11.2. The molecule has 0 fully saturated rings. The fraction of sp³-hybridized carbons (Fsp3) is 0.154. The fourth-order valence-corrected chi connectivity index (χ4v) is 2.11. The van der Waals surface area contributed by atoms with Gasteiger partial charge in [-0.25, -0.2) is 0 Å². The van der Waals surface area contributed by atoms with Crippen LogP contribution in [0.3, 0.4) is 0 Å². The van der Waals surface area contributed by atoms with E-state index in [-0.39, 0.29) is 0 Å². The van der Waals surface area contributed by atoms with Gasteiger partial charge in [-0.3, -0.25) is 8.75 Å². The maximum atomic E-state index is 11.2. The molecule has 0 bridgehead atoms. The van der Waals surface area contributed by atoms with Crippen molar-refractivity contribution in [2.24, 2.45) is 0 Å². The number of nitrogens with zero attached hydrogens (tertiary/aromatic N) is 1. The lowest BCUT2D eigenvalue weighted by molar-refractivity contribution is -0.103. The molecular formula is C13H14N2OS. The van der Waals surface area contributed by atoms with Crippen LogP contribution >= 0.6 is 11.5 Å². The Morgan fingerprint density at radius 1 is 1.35 bits per heavy atom. The zero-order valence-electron chi connectivity index (χ0n) is 9.81. The molecule has 0 radical (unpaired) electrons. The van der Waals surface area contributed by atoms with Crippen molar-refractivity contribution in [3.8, 4) is 0 Å². The van der Waals surface area contributed by atoms with Gasteiger partial charge >= 0.3 is 0 Å². The number of hydrogen-bond acceptors (Lipinski definition) is 3. The van der Waals surface area contributed by atoms with Crippen LogP contribution in [0.2, 0.25) is 0 Å². The van der Waals surface area contributed by atoms with E-state index in [0.29, 0.717) is 5.70 Å². The number of benzene rings is 1. The van der Waals surface area contributed by atoms with Crippen molar-refractivity contribution >= 4 is 29.2 Å². The topological polar surface area (TPSA) is 34.0 Å². The predicted octanol–water partition coefficient (Wildman–Crippen LogP) is 2.60. The van der Waals surface area contributed by atoms with E-state index >= 15 is 0 Å². The molecule has 2 rings (SSSR count). The van der Waals surface area contributed by atoms with Gasteiger partial charge in [0.25, 0.3) is 0 Å². The minimum Gasteiger partial charge on any atom is -0.386 e. The second-order valence-corrected chi connectivity index (χ2v) is 4.59. The predicted molar refractivity (Wildman–Crippen MR) is 71.7 cm³/mol. The Hall–Kier alpha value is -1.81. The lowest BCUT2D eigenvalue weighted by atomic mass is 10.1. The van der Waals surface area contributed by atoms with E-state index in [0.717, 1.165) is 17.5 Å². The highest BCUT2D eigenvalue weighted by Crippen LogP contribution is 2.21. The molecule has 0 atom stereocenters. The van der Waals surface area contributed by atoms with E-state index in [1.807, 2.05) is 53.8 Å². The summed E-state index contributed by atoms with van der Waals surface area (Å²) in [6, 6.07) is 8.10. The Labute approximate surface area is 105 Å². The summed E-state index contributed by atoms with van der Waals surface area (Å²) in [5, 5.41) is 5.03. The van der Waals surface area contributed by atoms with E-state index in [4.69, 9.17) is 0 Å². The monoisotopic (exact) mass is 246 g/mol. The van der Waals surface area contributed by atoms with Crippen LogP contribution in [0.15, 0.2) is 35.8 Å². The van der Waals surface area contributed by atoms with Crippen LogP contribution in [0.25, 0.3) is 11.4 Å². The number of aryl methyl sites for hydroxylation is 1. The summed E-state index contributed by atoms with van der Waals surface area (Å²) in [5.41, 5.74) is 3.71. The van der Waals surface area contributed by atoms with Gasteiger partial charge in [0.05, 0.1) is 5.70 Å². The minimum atomic E-state index is 0.642. The Bertz CT molecular complexity index is 525. The molecule has 1 N–H and O–H groups in total. The van der Waals surface area contributed by atoms with Crippen LogP contribution in [0.1, 0.15) is 11.1 Å². The summed E-state index contributed by atoms with van der Waals surface area (Å²) in [5.74, 6) is 0. The Kier molecular flexibility index (Phi) is 3.44. The molecule has 1 aromatic carbocycles. The number of aromatic nitrogens is 1. The van der Waals surface area contributed by atoms with Gasteiger partial charge in [0.2, 0.25) is 0 Å². The van der Waals surface area contributed by atoms with Crippen LogP contribution in [0, 0.1) is 6.92 Å². The van der Waals surface area contributed by atoms with Gasteiger partial charge in [-0.15, -0.1) is 0 Å². The number of allylic oxidation sites excluding steroid dienone is 1. The normalized spacial score (nSPS) is 12.1. The number of carbonyl (C=O) groups is 1. The second kappa shape index (κ2) is 5.01. The maximum Gasteiger partial charge on any atom is 0.169 e. The summed E-state index contributed by atoms with van der Waals surface area (Å²) < 4.78 is 1.85. The van der Waals surface area contributed by atoms with E-state index in [1.54, 1.807) is 0 Å². The average Bonchev–Trinajstić information content (AvgIpc) is 2.28. The smallest absolute Gasteiger partial charge is 0.169 e. The number of aldehydes is 1. The number of carbonyl (C=O) groups excluding carboxylic acids is 1. The standard InChI is InChI=1S/C13H14N2OS/c1-10-3-5-11(6-4-10)13(14-2)12(9-16)15-7-8-17-15/h3-9,14H,1-2H3/b13-12-. The molecule has 0 amide bonds. The van der Waals surface area contributed by atoms with Crippen molar-refractivity contribution in [2.45, 2.75) is 6.92 Å². The van der Waals surface area contributed by atoms with Crippen LogP contribution in [0.4, 0.5) is 0 Å². The molecule has 0 saturated heterocycles. The summed E-state index contributed by atoms with van der Waals surface area (Å²) in [7, 11) is 1.83. The third-order valence-corrected chi connectivity index (χ3v) is 3.36. The van der Waals surface area contributed by atoms with Crippen molar-refractivity contribution in [3.05, 3.63) is 47.0 Å². The van der Waals surface area contributed by atoms with Gasteiger partial charge in [0, 0.05) is 18.6 Å². The Morgan fingerprint density at radius 2 is 2.00 bits per heavy atom. The van der Waals surface area contributed by atoms with Crippen molar-refractivity contribution in [3.63, 3.8) is 0 Å². The highest BCUT2D eigenvalue weighted by Gasteiger charge is 2.10. The minimum absolute atomic E-state index is 0.642. The Morgan fingerprint density at radius 3 is 2.41 bits per heavy atom. The van der Waals surface area contributed by atoms with Crippen molar-refractivity contribution in [1.29, 1.82) is 0 Å². The molecule has 4 heteroatoms. The lowest BCUT2D eigenvalue weighted by Crippen LogP contribution is -2.12. The SMILES string of the molecule is CN/C(=C(/C=O)n1ccs1)c1ccc(C)cc1. The van der Waals surface area contributed by atoms with Gasteiger partial charge in [-0.2, -0.15) is 0 Å². The van der Waals surface area contributed by atoms with Gasteiger partial charge in [0.1, 0.15) is 5.70 Å². The molecule has 0 aliphatic heterocycles. The molecule has 1 aromatic heterocycles. The summed E-state index contributed by atoms with van der Waals surface area (Å²) >= 11 is 1.50. The van der Waals surface area contributed by atoms with Crippen molar-refractivity contribution in [2.75, 3.05) is 7.05 Å². The van der Waals surface area contributed by atoms with E-state index in [2.05, 4.69) is 5.32 Å². The average molecular weight is 246 g/mol. The summed E-state index contributed by atoms with van der Waals surface area (Å²) in [6.45, 7) is 2.04. The van der Waals surface area contributed by atoms with Gasteiger partial charge < -0.3 is 5.32 Å². The van der Waals surface area contributed by atoms with Crippen molar-refractivity contribution in [1.82, 2.24) is 9.27 Å². The van der Waals surface area contributed by atoms with Crippen LogP contribution < -0.4 is 5.32 Å². The van der Waals surface area contributed by atoms with E-state index in [1.165, 1.54) is 17.1 Å². The quantitative estimate of drug-likeness (QED) is 0.664. The number of hydrogen-bond donors (Lipinski definition) is 1. The fourth-order valence-electron chi connectivity index (χ4n) is 1.62. The maximum absolute atomic E-state index is 11.2. The molecule has 17 heavy (non-hydrogen) atoms. The first kappa shape index (κ1) is 11.7. The highest BCUT2D eigenvalue weighted by molar-refractivity contribution is 7.06. The molecule has 3 nitrogen and oxygen atoms in total. The number of nitrogens with one attached hydrogen (secondary N) is 1. The van der Waals surface area contributed by atoms with Gasteiger partial charge in [-0.05, 0) is 12.5 Å². The van der Waals surface area contributed by atoms with Crippen molar-refractivity contribution < 1.29 is 4.79 Å². The zero-order chi connectivity index (χ0) is 12.3.